The Balaban J connectivity index is 1.59. The molecule has 3 aliphatic heterocycles. The third-order valence-corrected chi connectivity index (χ3v) is 5.55. The van der Waals surface area contributed by atoms with Crippen LogP contribution in [0.15, 0.2) is 36.0 Å². The summed E-state index contributed by atoms with van der Waals surface area (Å²) >= 11 is 6.00. The van der Waals surface area contributed by atoms with E-state index in [0.717, 1.165) is 42.1 Å². The van der Waals surface area contributed by atoms with E-state index >= 15 is 0 Å². The molecule has 3 heterocycles. The van der Waals surface area contributed by atoms with Crippen LogP contribution >= 0.6 is 11.6 Å². The van der Waals surface area contributed by atoms with Crippen molar-refractivity contribution in [2.75, 3.05) is 19.8 Å². The largest absolute Gasteiger partial charge is 0.377 e. The van der Waals surface area contributed by atoms with Crippen LogP contribution < -0.4 is 5.43 Å². The minimum atomic E-state index is 0.0120. The number of ether oxygens (including phenoxy) is 1. The number of benzene rings is 1. The zero-order chi connectivity index (χ0) is 17.4. The standard InChI is InChI=1S/C19H24ClN3O2/c1-2-3-4-15-10-22(16-11-25-12-16)19(24)18-9-17(21-23(15)18)13-5-7-14(20)8-6-13/h5-9,15-17,21H,2-4,10-12H2,1H3. The van der Waals surface area contributed by atoms with Crippen LogP contribution in [0.25, 0.3) is 0 Å². The molecule has 5 nitrogen and oxygen atoms in total. The van der Waals surface area contributed by atoms with Gasteiger partial charge in [-0.05, 0) is 30.2 Å². The molecule has 2 fully saturated rings. The van der Waals surface area contributed by atoms with Crippen molar-refractivity contribution in [3.63, 3.8) is 0 Å². The van der Waals surface area contributed by atoms with E-state index in [0.29, 0.717) is 19.3 Å². The van der Waals surface area contributed by atoms with Crippen LogP contribution in [0.5, 0.6) is 0 Å². The lowest BCUT2D eigenvalue weighted by atomic mass is 10.0. The quantitative estimate of drug-likeness (QED) is 0.875. The SMILES string of the molecule is CCCCC1CN(C2COC2)C(=O)C2=CC(c3ccc(Cl)cc3)NN21. The van der Waals surface area contributed by atoms with Gasteiger partial charge in [-0.2, -0.15) is 0 Å². The maximum absolute atomic E-state index is 13.0. The van der Waals surface area contributed by atoms with Crippen LogP contribution in [0, 0.1) is 0 Å². The Morgan fingerprint density at radius 2 is 2.04 bits per heavy atom. The van der Waals surface area contributed by atoms with E-state index in [9.17, 15) is 4.79 Å². The van der Waals surface area contributed by atoms with E-state index in [1.165, 1.54) is 0 Å². The molecule has 2 saturated heterocycles. The van der Waals surface area contributed by atoms with Crippen molar-refractivity contribution in [1.29, 1.82) is 0 Å². The summed E-state index contributed by atoms with van der Waals surface area (Å²) in [6, 6.07) is 8.36. The van der Waals surface area contributed by atoms with E-state index in [1.54, 1.807) is 0 Å². The Kier molecular flexibility index (Phi) is 4.71. The molecule has 134 valence electrons. The predicted octanol–water partition coefficient (Wildman–Crippen LogP) is 2.89. The maximum Gasteiger partial charge on any atom is 0.271 e. The van der Waals surface area contributed by atoms with Gasteiger partial charge in [-0.3, -0.25) is 9.80 Å². The molecule has 1 amide bonds. The van der Waals surface area contributed by atoms with Gasteiger partial charge in [0.25, 0.3) is 5.91 Å². The molecule has 1 aromatic rings. The summed E-state index contributed by atoms with van der Waals surface area (Å²) in [5.41, 5.74) is 5.43. The Hall–Kier alpha value is -1.56. The Labute approximate surface area is 153 Å². The minimum absolute atomic E-state index is 0.0120. The first-order chi connectivity index (χ1) is 12.2. The van der Waals surface area contributed by atoms with Crippen LogP contribution in [0.1, 0.15) is 37.8 Å². The number of fused-ring (bicyclic) bond motifs is 1. The summed E-state index contributed by atoms with van der Waals surface area (Å²) in [4.78, 5) is 15.0. The predicted molar refractivity (Wildman–Crippen MR) is 96.9 cm³/mol. The first-order valence-electron chi connectivity index (χ1n) is 9.08. The number of halogens is 1. The molecule has 2 atom stereocenters. The van der Waals surface area contributed by atoms with Crippen molar-refractivity contribution >= 4 is 17.5 Å². The van der Waals surface area contributed by atoms with Crippen LogP contribution in [0.3, 0.4) is 0 Å². The third-order valence-electron chi connectivity index (χ3n) is 5.30. The fraction of sp³-hybridized carbons (Fsp3) is 0.526. The second-order valence-electron chi connectivity index (χ2n) is 7.03. The van der Waals surface area contributed by atoms with Crippen molar-refractivity contribution in [2.24, 2.45) is 0 Å². The molecule has 0 aromatic heterocycles. The van der Waals surface area contributed by atoms with Gasteiger partial charge in [0, 0.05) is 11.6 Å². The normalized spacial score (nSPS) is 26.5. The summed E-state index contributed by atoms with van der Waals surface area (Å²) in [5.74, 6) is 0.116. The number of unbranched alkanes of at least 4 members (excludes halogenated alkanes) is 1. The lowest BCUT2D eigenvalue weighted by Crippen LogP contribution is -2.62. The van der Waals surface area contributed by atoms with Crippen molar-refractivity contribution in [3.8, 4) is 0 Å². The molecule has 3 aliphatic rings. The van der Waals surface area contributed by atoms with Gasteiger partial charge in [0.15, 0.2) is 0 Å². The third kappa shape index (κ3) is 3.16. The highest BCUT2D eigenvalue weighted by atomic mass is 35.5. The zero-order valence-electron chi connectivity index (χ0n) is 14.5. The fourth-order valence-corrected chi connectivity index (χ4v) is 3.86. The van der Waals surface area contributed by atoms with Crippen molar-refractivity contribution in [3.05, 3.63) is 46.6 Å². The summed E-state index contributed by atoms with van der Waals surface area (Å²) < 4.78 is 5.31. The number of hydrogen-bond acceptors (Lipinski definition) is 4. The van der Waals surface area contributed by atoms with Crippen molar-refractivity contribution < 1.29 is 9.53 Å². The number of nitrogens with zero attached hydrogens (tertiary/aromatic N) is 2. The van der Waals surface area contributed by atoms with Gasteiger partial charge in [-0.1, -0.05) is 43.5 Å². The van der Waals surface area contributed by atoms with E-state index in [2.05, 4.69) is 23.4 Å². The number of amides is 1. The van der Waals surface area contributed by atoms with E-state index < -0.39 is 0 Å². The van der Waals surface area contributed by atoms with Crippen molar-refractivity contribution in [2.45, 2.75) is 44.3 Å². The number of rotatable bonds is 5. The average Bonchev–Trinajstić information content (AvgIpc) is 3.01. The minimum Gasteiger partial charge on any atom is -0.377 e. The molecular formula is C19H24ClN3O2. The lowest BCUT2D eigenvalue weighted by molar-refractivity contribution is -0.149. The fourth-order valence-electron chi connectivity index (χ4n) is 3.73. The summed E-state index contributed by atoms with van der Waals surface area (Å²) in [5, 5.41) is 2.83. The molecule has 1 aromatic carbocycles. The van der Waals surface area contributed by atoms with Crippen LogP contribution in [-0.2, 0) is 9.53 Å². The molecular weight excluding hydrogens is 338 g/mol. The van der Waals surface area contributed by atoms with Gasteiger partial charge in [-0.25, -0.2) is 5.43 Å². The Morgan fingerprint density at radius 3 is 2.68 bits per heavy atom. The van der Waals surface area contributed by atoms with Gasteiger partial charge in [-0.15, -0.1) is 0 Å². The molecule has 25 heavy (non-hydrogen) atoms. The Bertz CT molecular complexity index is 672. The molecule has 0 saturated carbocycles. The molecule has 0 aliphatic carbocycles. The van der Waals surface area contributed by atoms with Crippen LogP contribution in [0.2, 0.25) is 5.02 Å². The molecule has 6 heteroatoms. The van der Waals surface area contributed by atoms with Gasteiger partial charge in [0.1, 0.15) is 5.70 Å². The Morgan fingerprint density at radius 1 is 1.28 bits per heavy atom. The van der Waals surface area contributed by atoms with Gasteiger partial charge >= 0.3 is 0 Å². The summed E-state index contributed by atoms with van der Waals surface area (Å²) in [7, 11) is 0. The molecule has 0 bridgehead atoms. The number of hydrazine groups is 1. The van der Waals surface area contributed by atoms with Crippen LogP contribution in [0.4, 0.5) is 0 Å². The van der Waals surface area contributed by atoms with Crippen LogP contribution in [-0.4, -0.2) is 47.7 Å². The average molecular weight is 362 g/mol. The molecule has 2 unspecified atom stereocenters. The lowest BCUT2D eigenvalue weighted by Gasteiger charge is -2.46. The highest BCUT2D eigenvalue weighted by Gasteiger charge is 2.44. The summed E-state index contributed by atoms with van der Waals surface area (Å²) in [6.45, 7) is 4.29. The highest BCUT2D eigenvalue weighted by Crippen LogP contribution is 2.33. The van der Waals surface area contributed by atoms with E-state index in [1.807, 2.05) is 29.2 Å². The number of carbonyl (C=O) groups excluding carboxylic acids is 1. The van der Waals surface area contributed by atoms with Gasteiger partial charge in [0.2, 0.25) is 0 Å². The number of carbonyl (C=O) groups is 1. The van der Waals surface area contributed by atoms with Gasteiger partial charge in [0.05, 0.1) is 31.3 Å². The van der Waals surface area contributed by atoms with Gasteiger partial charge < -0.3 is 9.64 Å². The smallest absolute Gasteiger partial charge is 0.271 e. The molecule has 4 rings (SSSR count). The first-order valence-corrected chi connectivity index (χ1v) is 9.46. The number of nitrogens with one attached hydrogen (secondary N) is 1. The van der Waals surface area contributed by atoms with E-state index in [4.69, 9.17) is 16.3 Å². The maximum atomic E-state index is 13.0. The second kappa shape index (κ2) is 6.98. The highest BCUT2D eigenvalue weighted by molar-refractivity contribution is 6.30. The molecule has 0 radical (unpaired) electrons. The zero-order valence-corrected chi connectivity index (χ0v) is 15.2. The monoisotopic (exact) mass is 361 g/mol. The summed E-state index contributed by atoms with van der Waals surface area (Å²) in [6.07, 6.45) is 5.44. The topological polar surface area (TPSA) is 44.8 Å². The first kappa shape index (κ1) is 16.9. The van der Waals surface area contributed by atoms with Crippen molar-refractivity contribution in [1.82, 2.24) is 15.3 Å². The molecule has 0 spiro atoms. The van der Waals surface area contributed by atoms with E-state index in [-0.39, 0.29) is 18.0 Å². The molecule has 1 N–H and O–H groups in total. The second-order valence-corrected chi connectivity index (χ2v) is 7.46. The number of hydrogen-bond donors (Lipinski definition) is 1. The number of piperazine rings is 1.